The van der Waals surface area contributed by atoms with Gasteiger partial charge >= 0.3 is 11.9 Å². The fourth-order valence-electron chi connectivity index (χ4n) is 1.64. The first-order chi connectivity index (χ1) is 11.4. The molecule has 0 saturated heterocycles. The Morgan fingerprint density at radius 1 is 1.25 bits per heavy atom. The third-order valence-electron chi connectivity index (χ3n) is 2.87. The highest BCUT2D eigenvalue weighted by Crippen LogP contribution is 2.07. The van der Waals surface area contributed by atoms with Crippen molar-refractivity contribution in [1.82, 2.24) is 0 Å². The second-order valence-electron chi connectivity index (χ2n) is 4.65. The van der Waals surface area contributed by atoms with E-state index in [2.05, 4.69) is 4.74 Å². The molecule has 0 saturated carbocycles. The summed E-state index contributed by atoms with van der Waals surface area (Å²) in [4.78, 5) is 34.5. The summed E-state index contributed by atoms with van der Waals surface area (Å²) < 4.78 is 9.32. The number of benzene rings is 1. The van der Waals surface area contributed by atoms with E-state index in [9.17, 15) is 14.4 Å². The van der Waals surface area contributed by atoms with Crippen LogP contribution in [0.2, 0.25) is 0 Å². The summed E-state index contributed by atoms with van der Waals surface area (Å²) in [7, 11) is 1.28. The lowest BCUT2D eigenvalue weighted by Crippen LogP contribution is -2.16. The Bertz CT molecular complexity index is 735. The highest BCUT2D eigenvalue weighted by molar-refractivity contribution is 6.01. The number of carbonyl (C=O) groups excluding carboxylic acids is 3. The number of allylic oxidation sites excluding steroid dienone is 1. The maximum Gasteiger partial charge on any atom is 0.337 e. The summed E-state index contributed by atoms with van der Waals surface area (Å²) in [6.45, 7) is 0.845. The summed E-state index contributed by atoms with van der Waals surface area (Å²) in [6.07, 6.45) is 2.59. The minimum Gasteiger partial charge on any atom is -0.465 e. The molecule has 2 N–H and O–H groups in total. The van der Waals surface area contributed by atoms with Crippen LogP contribution in [0, 0.1) is 11.3 Å². The van der Waals surface area contributed by atoms with Crippen molar-refractivity contribution in [3.63, 3.8) is 0 Å². The topological polar surface area (TPSA) is 119 Å². The van der Waals surface area contributed by atoms with Gasteiger partial charge < -0.3 is 15.2 Å². The monoisotopic (exact) mass is 328 g/mol. The molecular weight excluding hydrogens is 312 g/mol. The van der Waals surface area contributed by atoms with Gasteiger partial charge in [0, 0.05) is 11.8 Å². The molecule has 7 nitrogen and oxygen atoms in total. The summed E-state index contributed by atoms with van der Waals surface area (Å²) >= 11 is 0. The SMILES string of the molecule is COC(=O)c1ccc(/C=C/C(=O)OCC(=O)/C(C#N)=C(\C)N)cc1. The zero-order valence-electron chi connectivity index (χ0n) is 13.2. The first-order valence-corrected chi connectivity index (χ1v) is 6.82. The zero-order chi connectivity index (χ0) is 18.1. The summed E-state index contributed by atoms with van der Waals surface area (Å²) in [6, 6.07) is 8.00. The van der Waals surface area contributed by atoms with Crippen molar-refractivity contribution >= 4 is 23.8 Å². The van der Waals surface area contributed by atoms with E-state index in [1.807, 2.05) is 0 Å². The minimum absolute atomic E-state index is 0.0692. The number of nitrogens with two attached hydrogens (primary N) is 1. The molecule has 0 aliphatic heterocycles. The van der Waals surface area contributed by atoms with Crippen LogP contribution in [0.25, 0.3) is 6.08 Å². The van der Waals surface area contributed by atoms with Crippen LogP contribution in [0.1, 0.15) is 22.8 Å². The smallest absolute Gasteiger partial charge is 0.337 e. The van der Waals surface area contributed by atoms with E-state index in [4.69, 9.17) is 15.7 Å². The molecule has 124 valence electrons. The largest absolute Gasteiger partial charge is 0.465 e. The van der Waals surface area contributed by atoms with Crippen LogP contribution in [0.5, 0.6) is 0 Å². The third kappa shape index (κ3) is 5.42. The van der Waals surface area contributed by atoms with Crippen LogP contribution >= 0.6 is 0 Å². The molecule has 0 fully saturated rings. The van der Waals surface area contributed by atoms with Gasteiger partial charge in [0.2, 0.25) is 5.78 Å². The summed E-state index contributed by atoms with van der Waals surface area (Å²) in [5.41, 5.74) is 6.26. The van der Waals surface area contributed by atoms with E-state index >= 15 is 0 Å². The maximum atomic E-state index is 11.6. The predicted molar refractivity (Wildman–Crippen MR) is 85.3 cm³/mol. The molecule has 0 aliphatic rings. The molecule has 0 unspecified atom stereocenters. The molecular formula is C17H16N2O5. The van der Waals surface area contributed by atoms with Crippen molar-refractivity contribution in [2.45, 2.75) is 6.92 Å². The molecule has 0 radical (unpaired) electrons. The Labute approximate surface area is 139 Å². The van der Waals surface area contributed by atoms with Gasteiger partial charge in [-0.1, -0.05) is 12.1 Å². The number of nitrogens with zero attached hydrogens (tertiary/aromatic N) is 1. The van der Waals surface area contributed by atoms with E-state index in [0.29, 0.717) is 11.1 Å². The van der Waals surface area contributed by atoms with Crippen molar-refractivity contribution in [3.8, 4) is 6.07 Å². The molecule has 7 heteroatoms. The van der Waals surface area contributed by atoms with Crippen LogP contribution in [-0.2, 0) is 19.1 Å². The quantitative estimate of drug-likeness (QED) is 0.475. The lowest BCUT2D eigenvalue weighted by atomic mass is 10.1. The Balaban J connectivity index is 2.61. The summed E-state index contributed by atoms with van der Waals surface area (Å²) in [5, 5.41) is 8.77. The highest BCUT2D eigenvalue weighted by atomic mass is 16.5. The molecule has 24 heavy (non-hydrogen) atoms. The van der Waals surface area contributed by atoms with E-state index < -0.39 is 24.3 Å². The first-order valence-electron chi connectivity index (χ1n) is 6.82. The number of hydrogen-bond donors (Lipinski definition) is 1. The Kier molecular flexibility index (Phi) is 6.92. The van der Waals surface area contributed by atoms with Gasteiger partial charge in [-0.3, -0.25) is 4.79 Å². The van der Waals surface area contributed by atoms with E-state index in [0.717, 1.165) is 6.08 Å². The van der Waals surface area contributed by atoms with Crippen LogP contribution in [0.3, 0.4) is 0 Å². The summed E-state index contributed by atoms with van der Waals surface area (Å²) in [5.74, 6) is -1.87. The number of ether oxygens (including phenoxy) is 2. The fourth-order valence-corrected chi connectivity index (χ4v) is 1.64. The predicted octanol–water partition coefficient (Wildman–Crippen LogP) is 1.35. The lowest BCUT2D eigenvalue weighted by molar-refractivity contribution is -0.141. The Morgan fingerprint density at radius 3 is 2.38 bits per heavy atom. The van der Waals surface area contributed by atoms with Crippen LogP contribution in [-0.4, -0.2) is 31.4 Å². The van der Waals surface area contributed by atoms with E-state index in [-0.39, 0.29) is 11.3 Å². The van der Waals surface area contributed by atoms with Crippen LogP contribution in [0.4, 0.5) is 0 Å². The highest BCUT2D eigenvalue weighted by Gasteiger charge is 2.13. The molecule has 0 aromatic heterocycles. The fraction of sp³-hybridized carbons (Fsp3) is 0.176. The van der Waals surface area contributed by atoms with Gasteiger partial charge in [-0.05, 0) is 30.7 Å². The second kappa shape index (κ2) is 8.90. The molecule has 1 rings (SSSR count). The molecule has 1 aromatic carbocycles. The van der Waals surface area contributed by atoms with Gasteiger partial charge in [0.05, 0.1) is 12.7 Å². The molecule has 1 aromatic rings. The molecule has 0 spiro atoms. The Hall–Kier alpha value is -3.40. The number of hydrogen-bond acceptors (Lipinski definition) is 7. The standard InChI is InChI=1S/C17H16N2O5/c1-11(19)14(9-18)15(20)10-24-16(21)8-5-12-3-6-13(7-4-12)17(22)23-2/h3-8H,10,19H2,1-2H3/b8-5+,14-11+. The van der Waals surface area contributed by atoms with Gasteiger partial charge in [-0.25, -0.2) is 9.59 Å². The lowest BCUT2D eigenvalue weighted by Gasteiger charge is -2.02. The maximum absolute atomic E-state index is 11.6. The molecule has 0 atom stereocenters. The Morgan fingerprint density at radius 2 is 1.88 bits per heavy atom. The number of esters is 2. The number of nitriles is 1. The van der Waals surface area contributed by atoms with Gasteiger partial charge in [0.25, 0.3) is 0 Å². The third-order valence-corrected chi connectivity index (χ3v) is 2.87. The molecule has 0 bridgehead atoms. The number of ketones is 1. The molecule has 0 heterocycles. The van der Waals surface area contributed by atoms with E-state index in [1.54, 1.807) is 30.3 Å². The van der Waals surface area contributed by atoms with Crippen molar-refractivity contribution < 1.29 is 23.9 Å². The molecule has 0 aliphatic carbocycles. The zero-order valence-corrected chi connectivity index (χ0v) is 13.2. The number of methoxy groups -OCH3 is 1. The second-order valence-corrected chi connectivity index (χ2v) is 4.65. The van der Waals surface area contributed by atoms with E-state index in [1.165, 1.54) is 20.1 Å². The average molecular weight is 328 g/mol. The number of Topliss-reactive ketones (excluding diaryl/α,β-unsaturated/α-hetero) is 1. The van der Waals surface area contributed by atoms with Crippen molar-refractivity contribution in [2.24, 2.45) is 5.73 Å². The van der Waals surface area contributed by atoms with Gasteiger partial charge in [-0.2, -0.15) is 5.26 Å². The van der Waals surface area contributed by atoms with Gasteiger partial charge in [0.1, 0.15) is 11.6 Å². The number of carbonyl (C=O) groups is 3. The van der Waals surface area contributed by atoms with Crippen molar-refractivity contribution in [3.05, 3.63) is 52.7 Å². The van der Waals surface area contributed by atoms with Gasteiger partial charge in [-0.15, -0.1) is 0 Å². The van der Waals surface area contributed by atoms with Crippen molar-refractivity contribution in [1.29, 1.82) is 5.26 Å². The minimum atomic E-state index is -0.743. The van der Waals surface area contributed by atoms with Crippen LogP contribution in [0.15, 0.2) is 41.6 Å². The van der Waals surface area contributed by atoms with Gasteiger partial charge in [0.15, 0.2) is 6.61 Å². The molecule has 0 amide bonds. The first kappa shape index (κ1) is 18.6. The average Bonchev–Trinajstić information content (AvgIpc) is 2.58. The number of rotatable bonds is 6. The van der Waals surface area contributed by atoms with Crippen molar-refractivity contribution in [2.75, 3.05) is 13.7 Å². The van der Waals surface area contributed by atoms with Crippen LogP contribution < -0.4 is 5.73 Å². The normalized spacial score (nSPS) is 11.4.